The second-order valence-electron chi connectivity index (χ2n) is 5.80. The van der Waals surface area contributed by atoms with Crippen LogP contribution >= 0.6 is 0 Å². The number of hydroxylamine groups is 2. The van der Waals surface area contributed by atoms with E-state index in [2.05, 4.69) is 27.7 Å². The Labute approximate surface area is 113 Å². The zero-order valence-electron chi connectivity index (χ0n) is 11.9. The van der Waals surface area contributed by atoms with Gasteiger partial charge in [0.25, 0.3) is 0 Å². The summed E-state index contributed by atoms with van der Waals surface area (Å²) < 4.78 is 0. The van der Waals surface area contributed by atoms with Crippen molar-refractivity contribution in [1.29, 1.82) is 0 Å². The summed E-state index contributed by atoms with van der Waals surface area (Å²) in [6.07, 6.45) is 4.52. The Morgan fingerprint density at radius 1 is 0.947 bits per heavy atom. The SMILES string of the molecule is CC1(C)CCCC(C)(C)N1O.O=C(O)/C=C/C(=O)O. The van der Waals surface area contributed by atoms with Crippen molar-refractivity contribution in [1.82, 2.24) is 5.06 Å². The van der Waals surface area contributed by atoms with Gasteiger partial charge in [0.1, 0.15) is 0 Å². The monoisotopic (exact) mass is 273 g/mol. The number of aliphatic carboxylic acids is 2. The van der Waals surface area contributed by atoms with E-state index in [4.69, 9.17) is 10.2 Å². The van der Waals surface area contributed by atoms with Crippen LogP contribution in [-0.4, -0.2) is 43.5 Å². The molecule has 0 radical (unpaired) electrons. The van der Waals surface area contributed by atoms with Crippen molar-refractivity contribution >= 4 is 11.9 Å². The highest BCUT2D eigenvalue weighted by molar-refractivity contribution is 5.89. The molecule has 0 unspecified atom stereocenters. The van der Waals surface area contributed by atoms with Gasteiger partial charge in [0.2, 0.25) is 0 Å². The van der Waals surface area contributed by atoms with Crippen LogP contribution in [0.1, 0.15) is 47.0 Å². The quantitative estimate of drug-likeness (QED) is 0.667. The summed E-state index contributed by atoms with van der Waals surface area (Å²) in [5, 5.41) is 26.9. The molecule has 3 N–H and O–H groups in total. The lowest BCUT2D eigenvalue weighted by Crippen LogP contribution is -2.56. The van der Waals surface area contributed by atoms with Gasteiger partial charge < -0.3 is 15.4 Å². The molecule has 1 rings (SSSR count). The topological polar surface area (TPSA) is 98.1 Å². The molecule has 0 atom stereocenters. The predicted molar refractivity (Wildman–Crippen MR) is 70.0 cm³/mol. The molecule has 0 aliphatic carbocycles. The van der Waals surface area contributed by atoms with Crippen LogP contribution in [0, 0.1) is 0 Å². The summed E-state index contributed by atoms with van der Waals surface area (Å²) in [5.74, 6) is -2.51. The largest absolute Gasteiger partial charge is 0.478 e. The average Bonchev–Trinajstić information content (AvgIpc) is 2.24. The summed E-state index contributed by atoms with van der Waals surface area (Å²) in [7, 11) is 0. The lowest BCUT2D eigenvalue weighted by Gasteiger charge is -2.48. The standard InChI is InChI=1S/C9H19NO.C4H4O4/c1-8(2)6-5-7-9(3,4)10(8)11;5-3(6)1-2-4(7)8/h11H,5-7H2,1-4H3;1-2H,(H,5,6)(H,7,8)/b;2-1+. The van der Waals surface area contributed by atoms with Gasteiger partial charge in [-0.2, -0.15) is 5.06 Å². The van der Waals surface area contributed by atoms with Crippen LogP contribution in [0.25, 0.3) is 0 Å². The second kappa shape index (κ2) is 6.68. The van der Waals surface area contributed by atoms with E-state index < -0.39 is 11.9 Å². The Balaban J connectivity index is 0.000000362. The molecule has 0 aromatic rings. The Hall–Kier alpha value is -1.40. The van der Waals surface area contributed by atoms with Gasteiger partial charge in [-0.05, 0) is 47.0 Å². The third-order valence-electron chi connectivity index (χ3n) is 3.09. The van der Waals surface area contributed by atoms with E-state index in [-0.39, 0.29) is 11.1 Å². The second-order valence-corrected chi connectivity index (χ2v) is 5.80. The molecule has 1 aliphatic heterocycles. The van der Waals surface area contributed by atoms with Crippen LogP contribution in [0.15, 0.2) is 12.2 Å². The van der Waals surface area contributed by atoms with Gasteiger partial charge >= 0.3 is 11.9 Å². The molecule has 19 heavy (non-hydrogen) atoms. The molecule has 6 nitrogen and oxygen atoms in total. The van der Waals surface area contributed by atoms with Crippen LogP contribution < -0.4 is 0 Å². The fourth-order valence-corrected chi connectivity index (χ4v) is 2.13. The third-order valence-corrected chi connectivity index (χ3v) is 3.09. The number of carboxylic acids is 2. The van der Waals surface area contributed by atoms with Crippen molar-refractivity contribution < 1.29 is 25.0 Å². The van der Waals surface area contributed by atoms with Crippen LogP contribution in [0.2, 0.25) is 0 Å². The molecule has 0 amide bonds. The number of rotatable bonds is 2. The average molecular weight is 273 g/mol. The molecule has 0 spiro atoms. The molecule has 0 bridgehead atoms. The van der Waals surface area contributed by atoms with E-state index in [0.29, 0.717) is 12.2 Å². The number of carbonyl (C=O) groups is 2. The smallest absolute Gasteiger partial charge is 0.328 e. The predicted octanol–water partition coefficient (Wildman–Crippen LogP) is 2.13. The van der Waals surface area contributed by atoms with E-state index >= 15 is 0 Å². The molecule has 6 heteroatoms. The molecule has 0 aromatic heterocycles. The van der Waals surface area contributed by atoms with Gasteiger partial charge in [0, 0.05) is 23.2 Å². The minimum absolute atomic E-state index is 0.0399. The van der Waals surface area contributed by atoms with Crippen molar-refractivity contribution in [3.8, 4) is 0 Å². The number of nitrogens with zero attached hydrogens (tertiary/aromatic N) is 1. The Morgan fingerprint density at radius 3 is 1.47 bits per heavy atom. The minimum Gasteiger partial charge on any atom is -0.478 e. The molecule has 1 heterocycles. The van der Waals surface area contributed by atoms with Crippen molar-refractivity contribution in [2.24, 2.45) is 0 Å². The van der Waals surface area contributed by atoms with Gasteiger partial charge in [-0.3, -0.25) is 0 Å². The molecule has 0 aromatic carbocycles. The first-order valence-corrected chi connectivity index (χ1v) is 6.12. The zero-order valence-corrected chi connectivity index (χ0v) is 11.9. The van der Waals surface area contributed by atoms with Crippen LogP contribution in [0.4, 0.5) is 0 Å². The highest BCUT2D eigenvalue weighted by Gasteiger charge is 2.40. The van der Waals surface area contributed by atoms with Crippen LogP contribution in [0.3, 0.4) is 0 Å². The molecular weight excluding hydrogens is 250 g/mol. The van der Waals surface area contributed by atoms with Crippen molar-refractivity contribution in [3.63, 3.8) is 0 Å². The molecular formula is C13H23NO5. The maximum Gasteiger partial charge on any atom is 0.328 e. The summed E-state index contributed by atoms with van der Waals surface area (Å²) >= 11 is 0. The molecule has 110 valence electrons. The number of piperidine rings is 1. The Morgan fingerprint density at radius 2 is 1.26 bits per heavy atom. The van der Waals surface area contributed by atoms with Crippen molar-refractivity contribution in [3.05, 3.63) is 12.2 Å². The van der Waals surface area contributed by atoms with E-state index in [0.717, 1.165) is 12.8 Å². The highest BCUT2D eigenvalue weighted by atomic mass is 16.5. The molecule has 1 aliphatic rings. The van der Waals surface area contributed by atoms with E-state index in [1.807, 2.05) is 0 Å². The van der Waals surface area contributed by atoms with Gasteiger partial charge in [-0.25, -0.2) is 9.59 Å². The zero-order chi connectivity index (χ0) is 15.3. The third kappa shape index (κ3) is 6.35. The Bertz CT molecular complexity index is 328. The van der Waals surface area contributed by atoms with Crippen LogP contribution in [-0.2, 0) is 9.59 Å². The highest BCUT2D eigenvalue weighted by Crippen LogP contribution is 2.35. The van der Waals surface area contributed by atoms with Crippen LogP contribution in [0.5, 0.6) is 0 Å². The van der Waals surface area contributed by atoms with E-state index in [1.165, 1.54) is 11.5 Å². The summed E-state index contributed by atoms with van der Waals surface area (Å²) in [4.78, 5) is 19.1. The van der Waals surface area contributed by atoms with Gasteiger partial charge in [-0.15, -0.1) is 0 Å². The first-order chi connectivity index (χ1) is 8.49. The molecule has 1 fully saturated rings. The maximum atomic E-state index is 9.80. The first kappa shape index (κ1) is 17.6. The maximum absolute atomic E-state index is 9.80. The summed E-state index contributed by atoms with van der Waals surface area (Å²) in [5.41, 5.74) is -0.0799. The number of hydrogen-bond donors (Lipinski definition) is 3. The fourth-order valence-electron chi connectivity index (χ4n) is 2.13. The molecule has 1 saturated heterocycles. The summed E-state index contributed by atoms with van der Waals surface area (Å²) in [6, 6.07) is 0. The summed E-state index contributed by atoms with van der Waals surface area (Å²) in [6.45, 7) is 8.36. The van der Waals surface area contributed by atoms with Crippen molar-refractivity contribution in [2.75, 3.05) is 0 Å². The number of hydrogen-bond acceptors (Lipinski definition) is 4. The van der Waals surface area contributed by atoms with E-state index in [9.17, 15) is 14.8 Å². The fraction of sp³-hybridized carbons (Fsp3) is 0.692. The van der Waals surface area contributed by atoms with Gasteiger partial charge in [0.15, 0.2) is 0 Å². The normalized spacial score (nSPS) is 21.5. The van der Waals surface area contributed by atoms with Gasteiger partial charge in [0.05, 0.1) is 0 Å². The minimum atomic E-state index is -1.26. The lowest BCUT2D eigenvalue weighted by atomic mass is 9.82. The number of carboxylic acid groups (broad SMARTS) is 2. The first-order valence-electron chi connectivity index (χ1n) is 6.12. The lowest BCUT2D eigenvalue weighted by molar-refractivity contribution is -0.241. The Kier molecular flexibility index (Phi) is 6.18. The van der Waals surface area contributed by atoms with Crippen molar-refractivity contribution in [2.45, 2.75) is 58.0 Å². The van der Waals surface area contributed by atoms with Gasteiger partial charge in [-0.1, -0.05) is 0 Å². The molecule has 0 saturated carbocycles. The van der Waals surface area contributed by atoms with E-state index in [1.54, 1.807) is 0 Å².